The molecule has 1 fully saturated rings. The fourth-order valence-corrected chi connectivity index (χ4v) is 1.89. The molecule has 2 N–H and O–H groups in total. The highest BCUT2D eigenvalue weighted by molar-refractivity contribution is 6.00. The van der Waals surface area contributed by atoms with Crippen molar-refractivity contribution in [2.24, 2.45) is 0 Å². The minimum absolute atomic E-state index is 0.0671. The van der Waals surface area contributed by atoms with Crippen LogP contribution in [0.25, 0.3) is 0 Å². The van der Waals surface area contributed by atoms with E-state index in [1.54, 1.807) is 22.9 Å². The van der Waals surface area contributed by atoms with Gasteiger partial charge in [0.15, 0.2) is 0 Å². The Morgan fingerprint density at radius 1 is 1.33 bits per heavy atom. The molecule has 2 rings (SSSR count). The van der Waals surface area contributed by atoms with Crippen LogP contribution in [0.1, 0.15) is 12.8 Å². The van der Waals surface area contributed by atoms with Crippen molar-refractivity contribution in [1.82, 2.24) is 15.2 Å². The van der Waals surface area contributed by atoms with E-state index in [1.165, 1.54) is 6.07 Å². The maximum Gasteiger partial charge on any atom is 0.250 e. The summed E-state index contributed by atoms with van der Waals surface area (Å²) in [4.78, 5) is 33.8. The van der Waals surface area contributed by atoms with Crippen LogP contribution in [0.2, 0.25) is 0 Å². The highest BCUT2D eigenvalue weighted by atomic mass is 16.2. The molecule has 0 aromatic carbocycles. The molecule has 0 bridgehead atoms. The van der Waals surface area contributed by atoms with Gasteiger partial charge in [-0.3, -0.25) is 19.7 Å². The Morgan fingerprint density at radius 3 is 2.89 bits per heavy atom. The van der Waals surface area contributed by atoms with Crippen LogP contribution in [0.15, 0.2) is 29.2 Å². The van der Waals surface area contributed by atoms with Gasteiger partial charge in [0.05, 0.1) is 6.04 Å². The molecule has 18 heavy (non-hydrogen) atoms. The number of hydrogen-bond donors (Lipinski definition) is 2. The second-order valence-corrected chi connectivity index (χ2v) is 4.19. The second kappa shape index (κ2) is 5.59. The molecule has 6 heteroatoms. The molecule has 1 aromatic rings. The van der Waals surface area contributed by atoms with Crippen molar-refractivity contribution in [2.75, 3.05) is 6.54 Å². The lowest BCUT2D eigenvalue weighted by Gasteiger charge is -2.21. The van der Waals surface area contributed by atoms with Gasteiger partial charge in [-0.1, -0.05) is 6.07 Å². The van der Waals surface area contributed by atoms with E-state index in [2.05, 4.69) is 10.6 Å². The standard InChI is InChI=1S/C12H15N3O3/c16-10-5-4-9(12(18)14-10)13-6-8-15-7-2-1-3-11(15)17/h1-3,7,9,13H,4-6,8H2,(H,14,16,18). The van der Waals surface area contributed by atoms with Crippen LogP contribution < -0.4 is 16.2 Å². The lowest BCUT2D eigenvalue weighted by molar-refractivity contribution is -0.134. The van der Waals surface area contributed by atoms with E-state index in [9.17, 15) is 14.4 Å². The van der Waals surface area contributed by atoms with Crippen LogP contribution in [0.3, 0.4) is 0 Å². The van der Waals surface area contributed by atoms with Gasteiger partial charge < -0.3 is 9.88 Å². The van der Waals surface area contributed by atoms with Crippen LogP contribution >= 0.6 is 0 Å². The fourth-order valence-electron chi connectivity index (χ4n) is 1.89. The highest BCUT2D eigenvalue weighted by Gasteiger charge is 2.25. The largest absolute Gasteiger partial charge is 0.314 e. The Morgan fingerprint density at radius 2 is 2.17 bits per heavy atom. The Bertz CT molecular complexity index is 509. The molecule has 0 aliphatic carbocycles. The van der Waals surface area contributed by atoms with Gasteiger partial charge in [-0.25, -0.2) is 0 Å². The summed E-state index contributed by atoms with van der Waals surface area (Å²) in [6.45, 7) is 1.01. The predicted octanol–water partition coefficient (Wildman–Crippen LogP) is -0.757. The lowest BCUT2D eigenvalue weighted by atomic mass is 10.1. The molecule has 1 aliphatic rings. The first kappa shape index (κ1) is 12.5. The van der Waals surface area contributed by atoms with E-state index in [4.69, 9.17) is 0 Å². The Kier molecular flexibility index (Phi) is 3.88. The predicted molar refractivity (Wildman–Crippen MR) is 64.9 cm³/mol. The number of carbonyl (C=O) groups excluding carboxylic acids is 2. The molecule has 1 atom stereocenters. The first-order valence-electron chi connectivity index (χ1n) is 5.89. The van der Waals surface area contributed by atoms with Crippen molar-refractivity contribution in [3.05, 3.63) is 34.7 Å². The minimum Gasteiger partial charge on any atom is -0.314 e. The first-order valence-corrected chi connectivity index (χ1v) is 5.89. The molecule has 96 valence electrons. The second-order valence-electron chi connectivity index (χ2n) is 4.19. The summed E-state index contributed by atoms with van der Waals surface area (Å²) in [5, 5.41) is 5.32. The molecule has 1 aliphatic heterocycles. The normalized spacial score (nSPS) is 19.7. The maximum absolute atomic E-state index is 11.5. The number of imide groups is 1. The third-order valence-electron chi connectivity index (χ3n) is 2.88. The van der Waals surface area contributed by atoms with Crippen LogP contribution in [0.5, 0.6) is 0 Å². The number of carbonyl (C=O) groups is 2. The summed E-state index contributed by atoms with van der Waals surface area (Å²) < 4.78 is 1.57. The molecule has 6 nitrogen and oxygen atoms in total. The van der Waals surface area contributed by atoms with E-state index in [-0.39, 0.29) is 23.4 Å². The number of piperidine rings is 1. The van der Waals surface area contributed by atoms with Crippen LogP contribution in [-0.4, -0.2) is 29.0 Å². The van der Waals surface area contributed by atoms with Gasteiger partial charge in [-0.15, -0.1) is 0 Å². The van der Waals surface area contributed by atoms with Crippen molar-refractivity contribution in [3.63, 3.8) is 0 Å². The van der Waals surface area contributed by atoms with Gasteiger partial charge in [0.1, 0.15) is 0 Å². The average Bonchev–Trinajstić information content (AvgIpc) is 2.34. The van der Waals surface area contributed by atoms with Crippen molar-refractivity contribution >= 4 is 11.8 Å². The van der Waals surface area contributed by atoms with Crippen molar-refractivity contribution in [1.29, 1.82) is 0 Å². The number of hydrogen-bond acceptors (Lipinski definition) is 4. The molecule has 0 spiro atoms. The third-order valence-corrected chi connectivity index (χ3v) is 2.88. The summed E-state index contributed by atoms with van der Waals surface area (Å²) in [5.41, 5.74) is -0.0671. The van der Waals surface area contributed by atoms with Crippen molar-refractivity contribution in [3.8, 4) is 0 Å². The number of nitrogens with zero attached hydrogens (tertiary/aromatic N) is 1. The zero-order valence-electron chi connectivity index (χ0n) is 9.89. The fraction of sp³-hybridized carbons (Fsp3) is 0.417. The third kappa shape index (κ3) is 3.04. The quantitative estimate of drug-likeness (QED) is 0.688. The summed E-state index contributed by atoms with van der Waals surface area (Å²) in [7, 11) is 0. The van der Waals surface area contributed by atoms with Gasteiger partial charge >= 0.3 is 0 Å². The van der Waals surface area contributed by atoms with E-state index >= 15 is 0 Å². The van der Waals surface area contributed by atoms with Gasteiger partial charge in [-0.05, 0) is 12.5 Å². The molecule has 2 amide bonds. The van der Waals surface area contributed by atoms with Crippen molar-refractivity contribution < 1.29 is 9.59 Å². The summed E-state index contributed by atoms with van der Waals surface area (Å²) >= 11 is 0. The van der Waals surface area contributed by atoms with E-state index in [0.717, 1.165) is 0 Å². The van der Waals surface area contributed by atoms with E-state index in [0.29, 0.717) is 25.9 Å². The zero-order valence-corrected chi connectivity index (χ0v) is 9.89. The van der Waals surface area contributed by atoms with Crippen molar-refractivity contribution in [2.45, 2.75) is 25.4 Å². The van der Waals surface area contributed by atoms with Crippen LogP contribution in [0.4, 0.5) is 0 Å². The molecule has 0 saturated carbocycles. The monoisotopic (exact) mass is 249 g/mol. The van der Waals surface area contributed by atoms with Gasteiger partial charge in [-0.2, -0.15) is 0 Å². The van der Waals surface area contributed by atoms with E-state index in [1.807, 2.05) is 0 Å². The SMILES string of the molecule is O=C1CCC(NCCn2ccccc2=O)C(=O)N1. The molecule has 1 saturated heterocycles. The number of aromatic nitrogens is 1. The van der Waals surface area contributed by atoms with Crippen LogP contribution in [-0.2, 0) is 16.1 Å². The number of pyridine rings is 1. The summed E-state index contributed by atoms with van der Waals surface area (Å²) in [5.74, 6) is -0.510. The highest BCUT2D eigenvalue weighted by Crippen LogP contribution is 2.03. The van der Waals surface area contributed by atoms with Gasteiger partial charge in [0.2, 0.25) is 11.8 Å². The lowest BCUT2D eigenvalue weighted by Crippen LogP contribution is -2.51. The molecule has 0 radical (unpaired) electrons. The number of amides is 2. The molecule has 1 aromatic heterocycles. The molecular weight excluding hydrogens is 234 g/mol. The topological polar surface area (TPSA) is 80.2 Å². The average molecular weight is 249 g/mol. The molecule has 1 unspecified atom stereocenters. The van der Waals surface area contributed by atoms with Gasteiger partial charge in [0.25, 0.3) is 5.56 Å². The first-order chi connectivity index (χ1) is 8.66. The summed E-state index contributed by atoms with van der Waals surface area (Å²) in [6, 6.07) is 4.62. The Balaban J connectivity index is 1.82. The molecule has 2 heterocycles. The molecular formula is C12H15N3O3. The number of rotatable bonds is 4. The smallest absolute Gasteiger partial charge is 0.250 e. The zero-order chi connectivity index (χ0) is 13.0. The Labute approximate surface area is 104 Å². The number of nitrogens with one attached hydrogen (secondary N) is 2. The maximum atomic E-state index is 11.5. The minimum atomic E-state index is -0.345. The van der Waals surface area contributed by atoms with E-state index < -0.39 is 0 Å². The summed E-state index contributed by atoms with van der Waals surface area (Å²) in [6.07, 6.45) is 2.57. The Hall–Kier alpha value is -1.95. The van der Waals surface area contributed by atoms with Crippen LogP contribution in [0, 0.1) is 0 Å². The van der Waals surface area contributed by atoms with Gasteiger partial charge in [0, 0.05) is 31.8 Å².